The molecule has 0 spiro atoms. The van der Waals surface area contributed by atoms with Crippen molar-refractivity contribution in [3.63, 3.8) is 0 Å². The Labute approximate surface area is 110 Å². The second-order valence-corrected chi connectivity index (χ2v) is 5.13. The Balaban J connectivity index is 1.96. The van der Waals surface area contributed by atoms with Crippen LogP contribution in [-0.4, -0.2) is 29.1 Å². The minimum Gasteiger partial charge on any atom is -0.290 e. The normalized spacial score (nSPS) is 14.9. The number of halogens is 1. The fourth-order valence-electron chi connectivity index (χ4n) is 1.62. The van der Waals surface area contributed by atoms with Crippen molar-refractivity contribution in [3.05, 3.63) is 34.9 Å². The van der Waals surface area contributed by atoms with Crippen LogP contribution < -0.4 is 0 Å². The van der Waals surface area contributed by atoms with E-state index in [4.69, 9.17) is 11.6 Å². The Morgan fingerprint density at radius 3 is 3.12 bits per heavy atom. The van der Waals surface area contributed by atoms with E-state index >= 15 is 0 Å². The van der Waals surface area contributed by atoms with Gasteiger partial charge in [0.05, 0.1) is 6.54 Å². The first-order chi connectivity index (χ1) is 8.16. The van der Waals surface area contributed by atoms with Crippen LogP contribution in [0.3, 0.4) is 0 Å². The third-order valence-electron chi connectivity index (χ3n) is 2.44. The van der Waals surface area contributed by atoms with Crippen LogP contribution in [0, 0.1) is 0 Å². The molecular weight excluding hydrogens is 256 g/mol. The molecule has 0 aliphatic carbocycles. The number of hydrogen-bond acceptors (Lipinski definition) is 3. The number of carbonyl (C=O) groups excluding carboxylic acids is 1. The average molecular weight is 269 g/mol. The third-order valence-corrected chi connectivity index (χ3v) is 3.76. The van der Waals surface area contributed by atoms with E-state index in [-0.39, 0.29) is 5.91 Å². The van der Waals surface area contributed by atoms with Gasteiger partial charge in [-0.25, -0.2) is 0 Å². The Morgan fingerprint density at radius 2 is 2.41 bits per heavy atom. The molecule has 5 heteroatoms. The molecule has 1 aromatic carbocycles. The maximum absolute atomic E-state index is 11.3. The van der Waals surface area contributed by atoms with Crippen molar-refractivity contribution in [2.45, 2.75) is 12.7 Å². The molecule has 1 aliphatic heterocycles. The Hall–Kier alpha value is -1.00. The predicted octanol–water partition coefficient (Wildman–Crippen LogP) is 2.79. The second-order valence-electron chi connectivity index (χ2n) is 3.75. The zero-order valence-corrected chi connectivity index (χ0v) is 11.1. The van der Waals surface area contributed by atoms with Gasteiger partial charge >= 0.3 is 0 Å². The summed E-state index contributed by atoms with van der Waals surface area (Å²) in [5.41, 5.74) is 1.14. The van der Waals surface area contributed by atoms with Crippen LogP contribution in [0.4, 0.5) is 0 Å². The highest BCUT2D eigenvalue weighted by Crippen LogP contribution is 2.21. The number of amidine groups is 1. The Kier molecular flexibility index (Phi) is 4.07. The molecule has 0 saturated carbocycles. The summed E-state index contributed by atoms with van der Waals surface area (Å²) in [6.07, 6.45) is 0. The zero-order valence-electron chi connectivity index (χ0n) is 9.52. The summed E-state index contributed by atoms with van der Waals surface area (Å²) in [6, 6.07) is 7.73. The molecule has 2 rings (SSSR count). The van der Waals surface area contributed by atoms with Gasteiger partial charge in [-0.2, -0.15) is 0 Å². The highest BCUT2D eigenvalue weighted by atomic mass is 35.5. The molecule has 3 nitrogen and oxygen atoms in total. The first-order valence-electron chi connectivity index (χ1n) is 5.36. The number of rotatable bonds is 2. The van der Waals surface area contributed by atoms with Gasteiger partial charge in [-0.15, -0.1) is 0 Å². The number of aliphatic imine (C=N–C) groups is 1. The molecule has 0 aromatic heterocycles. The van der Waals surface area contributed by atoms with Crippen molar-refractivity contribution in [1.82, 2.24) is 4.90 Å². The van der Waals surface area contributed by atoms with E-state index in [9.17, 15) is 4.79 Å². The molecule has 0 fully saturated rings. The zero-order chi connectivity index (χ0) is 12.3. The summed E-state index contributed by atoms with van der Waals surface area (Å²) in [5, 5.41) is 1.55. The van der Waals surface area contributed by atoms with Crippen molar-refractivity contribution in [3.8, 4) is 0 Å². The van der Waals surface area contributed by atoms with Crippen molar-refractivity contribution in [1.29, 1.82) is 0 Å². The van der Waals surface area contributed by atoms with E-state index < -0.39 is 0 Å². The molecule has 0 radical (unpaired) electrons. The van der Waals surface area contributed by atoms with E-state index in [1.54, 1.807) is 23.6 Å². The summed E-state index contributed by atoms with van der Waals surface area (Å²) in [7, 11) is 0. The van der Waals surface area contributed by atoms with Gasteiger partial charge in [0.25, 0.3) is 0 Å². The maximum atomic E-state index is 11.3. The number of carbonyl (C=O) groups is 1. The van der Waals surface area contributed by atoms with Gasteiger partial charge in [-0.05, 0) is 17.7 Å². The number of amides is 1. The summed E-state index contributed by atoms with van der Waals surface area (Å²) >= 11 is 7.49. The lowest BCUT2D eigenvalue weighted by Gasteiger charge is -2.15. The molecule has 1 aliphatic rings. The predicted molar refractivity (Wildman–Crippen MR) is 72.4 cm³/mol. The molecule has 1 aromatic rings. The molecule has 1 amide bonds. The lowest BCUT2D eigenvalue weighted by atomic mass is 10.2. The van der Waals surface area contributed by atoms with Crippen molar-refractivity contribution in [2.75, 3.05) is 13.1 Å². The molecule has 0 unspecified atom stereocenters. The molecular formula is C12H13ClN2OS. The van der Waals surface area contributed by atoms with Crippen LogP contribution >= 0.6 is 23.4 Å². The van der Waals surface area contributed by atoms with Crippen LogP contribution in [0.5, 0.6) is 0 Å². The minimum atomic E-state index is 0.0554. The highest BCUT2D eigenvalue weighted by Gasteiger charge is 2.20. The summed E-state index contributed by atoms with van der Waals surface area (Å²) in [5.74, 6) is 0.836. The lowest BCUT2D eigenvalue weighted by Crippen LogP contribution is -2.30. The first-order valence-corrected chi connectivity index (χ1v) is 6.73. The second kappa shape index (κ2) is 5.56. The van der Waals surface area contributed by atoms with Gasteiger partial charge in [0, 0.05) is 24.2 Å². The molecule has 17 heavy (non-hydrogen) atoms. The molecule has 0 N–H and O–H groups in total. The quantitative estimate of drug-likeness (QED) is 0.826. The van der Waals surface area contributed by atoms with Gasteiger partial charge in [0.1, 0.15) is 0 Å². The van der Waals surface area contributed by atoms with Crippen LogP contribution in [-0.2, 0) is 10.5 Å². The van der Waals surface area contributed by atoms with Crippen molar-refractivity contribution < 1.29 is 4.79 Å². The van der Waals surface area contributed by atoms with Gasteiger partial charge in [0.2, 0.25) is 5.91 Å². The van der Waals surface area contributed by atoms with Crippen LogP contribution in [0.25, 0.3) is 0 Å². The standard InChI is InChI=1S/C12H13ClN2OS/c1-9(16)15-6-5-14-12(15)17-8-10-3-2-4-11(13)7-10/h2-4,7H,5-6,8H2,1H3. The van der Waals surface area contributed by atoms with E-state index in [1.807, 2.05) is 24.3 Å². The molecule has 90 valence electrons. The van der Waals surface area contributed by atoms with E-state index in [1.165, 1.54) is 0 Å². The Bertz CT molecular complexity index is 462. The smallest absolute Gasteiger partial charge is 0.225 e. The summed E-state index contributed by atoms with van der Waals surface area (Å²) in [4.78, 5) is 17.4. The van der Waals surface area contributed by atoms with Gasteiger partial charge in [-0.1, -0.05) is 35.5 Å². The largest absolute Gasteiger partial charge is 0.290 e. The monoisotopic (exact) mass is 268 g/mol. The SMILES string of the molecule is CC(=O)N1CCN=C1SCc1cccc(Cl)c1. The number of hydrogen-bond donors (Lipinski definition) is 0. The topological polar surface area (TPSA) is 32.7 Å². The number of nitrogens with zero attached hydrogens (tertiary/aromatic N) is 2. The molecule has 0 atom stereocenters. The van der Waals surface area contributed by atoms with E-state index in [0.717, 1.165) is 21.5 Å². The minimum absolute atomic E-state index is 0.0554. The summed E-state index contributed by atoms with van der Waals surface area (Å²) in [6.45, 7) is 2.98. The summed E-state index contributed by atoms with van der Waals surface area (Å²) < 4.78 is 0. The fraction of sp³-hybridized carbons (Fsp3) is 0.333. The number of thioether (sulfide) groups is 1. The van der Waals surface area contributed by atoms with Crippen molar-refractivity contribution >= 4 is 34.4 Å². The maximum Gasteiger partial charge on any atom is 0.225 e. The van der Waals surface area contributed by atoms with Crippen LogP contribution in [0.2, 0.25) is 5.02 Å². The highest BCUT2D eigenvalue weighted by molar-refractivity contribution is 8.13. The third kappa shape index (κ3) is 3.23. The molecule has 1 heterocycles. The van der Waals surface area contributed by atoms with Gasteiger partial charge in [0.15, 0.2) is 5.17 Å². The fourth-order valence-corrected chi connectivity index (χ4v) is 2.86. The first kappa shape index (κ1) is 12.5. The van der Waals surface area contributed by atoms with E-state index in [0.29, 0.717) is 13.1 Å². The van der Waals surface area contributed by atoms with Crippen LogP contribution in [0.1, 0.15) is 12.5 Å². The average Bonchev–Trinajstić information content (AvgIpc) is 2.74. The Morgan fingerprint density at radius 1 is 1.59 bits per heavy atom. The molecule has 0 saturated heterocycles. The van der Waals surface area contributed by atoms with Gasteiger partial charge in [-0.3, -0.25) is 14.7 Å². The molecule has 0 bridgehead atoms. The van der Waals surface area contributed by atoms with Crippen LogP contribution in [0.15, 0.2) is 29.3 Å². The number of benzene rings is 1. The lowest BCUT2D eigenvalue weighted by molar-refractivity contribution is -0.124. The van der Waals surface area contributed by atoms with E-state index in [2.05, 4.69) is 4.99 Å². The van der Waals surface area contributed by atoms with Gasteiger partial charge < -0.3 is 0 Å². The van der Waals surface area contributed by atoms with Crippen molar-refractivity contribution in [2.24, 2.45) is 4.99 Å².